The van der Waals surface area contributed by atoms with Crippen molar-refractivity contribution in [3.05, 3.63) is 65.9 Å². The van der Waals surface area contributed by atoms with E-state index in [0.29, 0.717) is 5.56 Å². The number of hydrogen-bond acceptors (Lipinski definition) is 7. The molecule has 7 heteroatoms. The van der Waals surface area contributed by atoms with Gasteiger partial charge in [-0.3, -0.25) is 4.79 Å². The van der Waals surface area contributed by atoms with Gasteiger partial charge >= 0.3 is 5.97 Å². The van der Waals surface area contributed by atoms with Crippen molar-refractivity contribution in [1.82, 2.24) is 0 Å². The number of ketones is 1. The molecule has 26 heavy (non-hydrogen) atoms. The highest BCUT2D eigenvalue weighted by Gasteiger charge is 2.19. The van der Waals surface area contributed by atoms with Gasteiger partial charge in [-0.15, -0.1) is 0 Å². The van der Waals surface area contributed by atoms with Crippen LogP contribution in [0.2, 0.25) is 0 Å². The first kappa shape index (κ1) is 19.0. The van der Waals surface area contributed by atoms with Crippen LogP contribution < -0.4 is 4.74 Å². The molecule has 0 bridgehead atoms. The number of carbonyl (C=O) groups excluding carboxylic acids is 2. The lowest BCUT2D eigenvalue weighted by molar-refractivity contribution is -0.136. The average Bonchev–Trinajstić information content (AvgIpc) is 2.62. The third-order valence-corrected chi connectivity index (χ3v) is 3.26. The number of carbonyl (C=O) groups is 2. The van der Waals surface area contributed by atoms with Gasteiger partial charge in [-0.25, -0.2) is 4.79 Å². The van der Waals surface area contributed by atoms with Crippen LogP contribution in [0.1, 0.15) is 22.8 Å². The molecule has 0 spiro atoms. The van der Waals surface area contributed by atoms with Crippen LogP contribution in [0.15, 0.2) is 54.8 Å². The highest BCUT2D eigenvalue weighted by Crippen LogP contribution is 2.38. The Hall–Kier alpha value is -3.32. The fourth-order valence-corrected chi connectivity index (χ4v) is 1.94. The van der Waals surface area contributed by atoms with Crippen LogP contribution in [0.3, 0.4) is 0 Å². The number of ether oxygens (including phenoxy) is 2. The van der Waals surface area contributed by atoms with Crippen molar-refractivity contribution in [2.75, 3.05) is 6.61 Å². The molecule has 1 aliphatic heterocycles. The fraction of sp³-hybridized carbons (Fsp3) is 0.158. The van der Waals surface area contributed by atoms with Gasteiger partial charge in [0.1, 0.15) is 12.9 Å². The quantitative estimate of drug-likeness (QED) is 0.426. The first-order chi connectivity index (χ1) is 12.4. The van der Waals surface area contributed by atoms with E-state index in [1.165, 1.54) is 31.4 Å². The van der Waals surface area contributed by atoms with Crippen molar-refractivity contribution < 1.29 is 34.4 Å². The highest BCUT2D eigenvalue weighted by molar-refractivity contribution is 6.11. The second-order valence-corrected chi connectivity index (χ2v) is 5.40. The number of phenolic OH excluding ortho intramolecular Hbond substituents is 2. The molecular formula is C19H18O7. The molecule has 0 fully saturated rings. The monoisotopic (exact) mass is 358 g/mol. The first-order valence-electron chi connectivity index (χ1n) is 7.73. The number of aliphatic hydroxyl groups excluding tert-OH is 1. The van der Waals surface area contributed by atoms with E-state index >= 15 is 0 Å². The minimum Gasteiger partial charge on any atom is -0.504 e. The van der Waals surface area contributed by atoms with E-state index in [4.69, 9.17) is 9.84 Å². The summed E-state index contributed by atoms with van der Waals surface area (Å²) < 4.78 is 9.26. The number of benzene rings is 2. The standard InChI is InChI=1S/C16H16O5.C3H2O2/c1-10(17)9-21-13-8-7-12(15(19)16(13)20)14(18)11-5-3-2-4-6-11;4-3-1-2-5-3/h2-8,10,17,19-20H,9H2,1H3;1-2H. The van der Waals surface area contributed by atoms with Crippen molar-refractivity contribution in [3.8, 4) is 17.2 Å². The fourth-order valence-electron chi connectivity index (χ4n) is 1.94. The van der Waals surface area contributed by atoms with Crippen LogP contribution in [0.4, 0.5) is 0 Å². The van der Waals surface area contributed by atoms with Gasteiger partial charge in [0.25, 0.3) is 0 Å². The van der Waals surface area contributed by atoms with Gasteiger partial charge in [-0.2, -0.15) is 0 Å². The molecule has 7 nitrogen and oxygen atoms in total. The summed E-state index contributed by atoms with van der Waals surface area (Å²) in [6.45, 7) is 1.50. The maximum absolute atomic E-state index is 12.2. The van der Waals surface area contributed by atoms with E-state index in [2.05, 4.69) is 4.74 Å². The summed E-state index contributed by atoms with van der Waals surface area (Å²) in [6.07, 6.45) is 2.00. The molecule has 1 atom stereocenters. The molecule has 0 saturated carbocycles. The molecule has 3 rings (SSSR count). The first-order valence-corrected chi connectivity index (χ1v) is 7.73. The maximum Gasteiger partial charge on any atom is 0.338 e. The number of cyclic esters (lactones) is 1. The zero-order valence-electron chi connectivity index (χ0n) is 14.0. The third kappa shape index (κ3) is 4.84. The topological polar surface area (TPSA) is 113 Å². The zero-order chi connectivity index (χ0) is 19.1. The smallest absolute Gasteiger partial charge is 0.338 e. The van der Waals surface area contributed by atoms with Gasteiger partial charge in [0.05, 0.1) is 17.7 Å². The van der Waals surface area contributed by atoms with Gasteiger partial charge in [0, 0.05) is 5.56 Å². The third-order valence-electron chi connectivity index (χ3n) is 3.26. The molecule has 0 aromatic heterocycles. The molecule has 0 saturated heterocycles. The Kier molecular flexibility index (Phi) is 6.35. The van der Waals surface area contributed by atoms with Gasteiger partial charge in [-0.05, 0) is 19.1 Å². The lowest BCUT2D eigenvalue weighted by Crippen LogP contribution is -2.13. The van der Waals surface area contributed by atoms with Crippen molar-refractivity contribution in [2.24, 2.45) is 0 Å². The number of phenols is 2. The molecule has 1 unspecified atom stereocenters. The minimum atomic E-state index is -0.711. The Morgan fingerprint density at radius 1 is 1.12 bits per heavy atom. The van der Waals surface area contributed by atoms with Crippen molar-refractivity contribution in [3.63, 3.8) is 0 Å². The molecule has 3 N–H and O–H groups in total. The van der Waals surface area contributed by atoms with Crippen molar-refractivity contribution in [1.29, 1.82) is 0 Å². The molecule has 0 aliphatic carbocycles. The summed E-state index contributed by atoms with van der Waals surface area (Å²) in [4.78, 5) is 21.8. The Morgan fingerprint density at radius 3 is 2.23 bits per heavy atom. The molecular weight excluding hydrogens is 340 g/mol. The van der Waals surface area contributed by atoms with E-state index in [-0.39, 0.29) is 23.9 Å². The van der Waals surface area contributed by atoms with Gasteiger partial charge < -0.3 is 24.8 Å². The number of aromatic hydroxyl groups is 2. The summed E-state index contributed by atoms with van der Waals surface area (Å²) in [5.74, 6) is -1.68. The lowest BCUT2D eigenvalue weighted by atomic mass is 10.0. The largest absolute Gasteiger partial charge is 0.504 e. The highest BCUT2D eigenvalue weighted by atomic mass is 16.5. The predicted molar refractivity (Wildman–Crippen MR) is 92.1 cm³/mol. The normalized spacial score (nSPS) is 12.9. The molecule has 2 aromatic rings. The molecule has 1 aliphatic rings. The Morgan fingerprint density at radius 2 is 1.73 bits per heavy atom. The molecule has 1 heterocycles. The van der Waals surface area contributed by atoms with Crippen LogP contribution in [-0.4, -0.2) is 39.8 Å². The Balaban J connectivity index is 0.000000417. The van der Waals surface area contributed by atoms with E-state index in [1.54, 1.807) is 30.3 Å². The van der Waals surface area contributed by atoms with Crippen LogP contribution in [0, 0.1) is 0 Å². The van der Waals surface area contributed by atoms with E-state index in [0.717, 1.165) is 0 Å². The van der Waals surface area contributed by atoms with Gasteiger partial charge in [0.2, 0.25) is 5.75 Å². The van der Waals surface area contributed by atoms with Crippen LogP contribution >= 0.6 is 0 Å². The molecule has 136 valence electrons. The number of aliphatic hydroxyl groups is 1. The van der Waals surface area contributed by atoms with E-state index in [9.17, 15) is 19.8 Å². The number of hydrogen-bond donors (Lipinski definition) is 3. The number of rotatable bonds is 5. The van der Waals surface area contributed by atoms with Crippen LogP contribution in [-0.2, 0) is 9.53 Å². The van der Waals surface area contributed by atoms with Crippen molar-refractivity contribution in [2.45, 2.75) is 13.0 Å². The Labute approximate surface area is 149 Å². The predicted octanol–water partition coefficient (Wildman–Crippen LogP) is 2.15. The second-order valence-electron chi connectivity index (χ2n) is 5.40. The van der Waals surface area contributed by atoms with Crippen LogP contribution in [0.5, 0.6) is 17.2 Å². The minimum absolute atomic E-state index is 0.0110. The summed E-state index contributed by atoms with van der Waals surface area (Å²) in [6, 6.07) is 11.2. The summed E-state index contributed by atoms with van der Waals surface area (Å²) in [5.41, 5.74) is 0.396. The lowest BCUT2D eigenvalue weighted by Gasteiger charge is -2.12. The van der Waals surface area contributed by atoms with E-state index < -0.39 is 23.4 Å². The average molecular weight is 358 g/mol. The van der Waals surface area contributed by atoms with Gasteiger partial charge in [0.15, 0.2) is 17.3 Å². The molecule has 0 radical (unpaired) electrons. The Bertz CT molecular complexity index is 810. The summed E-state index contributed by atoms with van der Waals surface area (Å²) in [7, 11) is 0. The molecule has 2 aromatic carbocycles. The van der Waals surface area contributed by atoms with Gasteiger partial charge in [-0.1, -0.05) is 30.3 Å². The second kappa shape index (κ2) is 8.68. The van der Waals surface area contributed by atoms with E-state index in [1.807, 2.05) is 0 Å². The maximum atomic E-state index is 12.2. The summed E-state index contributed by atoms with van der Waals surface area (Å²) in [5, 5.41) is 29.0. The summed E-state index contributed by atoms with van der Waals surface area (Å²) >= 11 is 0. The van der Waals surface area contributed by atoms with Crippen molar-refractivity contribution >= 4 is 11.8 Å². The zero-order valence-corrected chi connectivity index (χ0v) is 14.0. The SMILES string of the molecule is CC(O)COc1ccc(C(=O)c2ccccc2)c(O)c1O.O=C1C=CO1. The number of esters is 1. The molecule has 0 amide bonds. The van der Waals surface area contributed by atoms with Crippen LogP contribution in [0.25, 0.3) is 0 Å².